The first kappa shape index (κ1) is 29.2. The van der Waals surface area contributed by atoms with Crippen molar-refractivity contribution in [1.29, 1.82) is 0 Å². The normalized spacial score (nSPS) is 13.4. The third kappa shape index (κ3) is 5.46. The maximum Gasteiger partial charge on any atom is 0.297 e. The van der Waals surface area contributed by atoms with E-state index in [9.17, 15) is 57.0 Å². The average molecular weight is 634 g/mol. The van der Waals surface area contributed by atoms with Crippen LogP contribution >= 0.6 is 0 Å². The second kappa shape index (κ2) is 9.42. The van der Waals surface area contributed by atoms with Crippen molar-refractivity contribution >= 4 is 79.1 Å². The van der Waals surface area contributed by atoms with Crippen LogP contribution < -0.4 is 5.73 Å². The number of rotatable bonds is 6. The van der Waals surface area contributed by atoms with Crippen molar-refractivity contribution in [1.82, 2.24) is 0 Å². The summed E-state index contributed by atoms with van der Waals surface area (Å²) in [5.74, 6) is -0.863. The van der Waals surface area contributed by atoms with Crippen molar-refractivity contribution in [2.24, 2.45) is 10.2 Å². The zero-order chi connectivity index (χ0) is 30.0. The molecule has 0 amide bonds. The molecule has 0 aliphatic rings. The molecule has 4 aromatic rings. The summed E-state index contributed by atoms with van der Waals surface area (Å²) in [5.41, 5.74) is 4.08. The van der Waals surface area contributed by atoms with E-state index < -0.39 is 88.0 Å². The number of hydrogen-bond donors (Lipinski definition) is 6. The predicted molar refractivity (Wildman–Crippen MR) is 137 cm³/mol. The number of azo groups is 1. The number of nitrogen functional groups attached to an aromatic ring is 1. The smallest absolute Gasteiger partial charge is 0.297 e. The summed E-state index contributed by atoms with van der Waals surface area (Å²) in [4.78, 5) is -4.60. The topological polar surface area (TPSA) is 288 Å². The number of benzene rings is 4. The zero-order valence-electron chi connectivity index (χ0n) is 19.2. The molecule has 0 saturated heterocycles. The van der Waals surface area contributed by atoms with Crippen molar-refractivity contribution in [3.63, 3.8) is 0 Å². The van der Waals surface area contributed by atoms with Crippen LogP contribution in [0, 0.1) is 0 Å². The fourth-order valence-electron chi connectivity index (χ4n) is 3.81. The molecule has 0 aromatic heterocycles. The molecule has 212 valence electrons. The van der Waals surface area contributed by atoms with E-state index in [1.54, 1.807) is 0 Å². The molecule has 0 aliphatic carbocycles. The van der Waals surface area contributed by atoms with Gasteiger partial charge in [0.1, 0.15) is 26.1 Å². The van der Waals surface area contributed by atoms with Crippen LogP contribution in [0.4, 0.5) is 17.1 Å². The first-order chi connectivity index (χ1) is 18.2. The van der Waals surface area contributed by atoms with Gasteiger partial charge in [0.2, 0.25) is 0 Å². The van der Waals surface area contributed by atoms with Gasteiger partial charge in [-0.1, -0.05) is 12.1 Å². The Morgan fingerprint density at radius 2 is 1.23 bits per heavy atom. The summed E-state index contributed by atoms with van der Waals surface area (Å²) in [6, 6.07) is 7.19. The second-order valence-electron chi connectivity index (χ2n) is 8.08. The fraction of sp³-hybridized carbons (Fsp3) is 0. The van der Waals surface area contributed by atoms with E-state index in [1.807, 2.05) is 0 Å². The van der Waals surface area contributed by atoms with Crippen LogP contribution in [-0.4, -0.2) is 57.0 Å². The van der Waals surface area contributed by atoms with E-state index in [2.05, 4.69) is 10.2 Å². The maximum atomic E-state index is 12.3. The Morgan fingerprint density at radius 1 is 0.600 bits per heavy atom. The fourth-order valence-corrected chi connectivity index (χ4v) is 6.62. The summed E-state index contributed by atoms with van der Waals surface area (Å²) in [6.45, 7) is 0. The Kier molecular flexibility index (Phi) is 6.88. The standard InChI is InChI=1S/C20H15N3O13S4/c21-10-2-1-9-5-17(39(31,32)33)18(19(24)13(9)6-10)23-22-15-4-3-12-14(20(15)40(34,35)36)7-11(37(25,26)27)8-16(12)38(28,29)30/h1-8,24H,21H2,(H,25,26,27)(H,28,29,30)(H,31,32,33)(H,34,35,36). The van der Waals surface area contributed by atoms with Crippen LogP contribution in [0.5, 0.6) is 5.75 Å². The number of nitrogens with two attached hydrogens (primary N) is 1. The molecule has 40 heavy (non-hydrogen) atoms. The Labute approximate surface area is 225 Å². The number of phenolic OH excluding ortho intramolecular Hbond substituents is 1. The van der Waals surface area contributed by atoms with Crippen molar-refractivity contribution in [3.8, 4) is 5.75 Å². The van der Waals surface area contributed by atoms with Gasteiger partial charge in [-0.25, -0.2) is 0 Å². The Bertz CT molecular complexity index is 2230. The number of fused-ring (bicyclic) bond motifs is 2. The molecule has 7 N–H and O–H groups in total. The van der Waals surface area contributed by atoms with Gasteiger partial charge in [0.05, 0.1) is 4.90 Å². The van der Waals surface area contributed by atoms with Crippen molar-refractivity contribution in [2.75, 3.05) is 5.73 Å². The molecule has 0 unspecified atom stereocenters. The molecule has 4 aromatic carbocycles. The quantitative estimate of drug-likeness (QED) is 0.101. The van der Waals surface area contributed by atoms with Crippen LogP contribution in [0.2, 0.25) is 0 Å². The minimum atomic E-state index is -5.43. The Hall–Kier alpha value is -3.76. The highest BCUT2D eigenvalue weighted by atomic mass is 32.2. The van der Waals surface area contributed by atoms with Crippen LogP contribution in [0.1, 0.15) is 0 Å². The third-order valence-electron chi connectivity index (χ3n) is 5.45. The van der Waals surface area contributed by atoms with E-state index in [-0.39, 0.29) is 16.5 Å². The molecule has 0 bridgehead atoms. The van der Waals surface area contributed by atoms with Crippen LogP contribution in [-0.2, 0) is 40.5 Å². The summed E-state index contributed by atoms with van der Waals surface area (Å²) in [6.07, 6.45) is 0. The number of anilines is 1. The van der Waals surface area contributed by atoms with Crippen LogP contribution in [0.3, 0.4) is 0 Å². The predicted octanol–water partition coefficient (Wildman–Crippen LogP) is 2.68. The van der Waals surface area contributed by atoms with Crippen molar-refractivity contribution in [3.05, 3.63) is 48.5 Å². The molecule has 4 rings (SSSR count). The summed E-state index contributed by atoms with van der Waals surface area (Å²) >= 11 is 0. The molecule has 0 saturated carbocycles. The lowest BCUT2D eigenvalue weighted by molar-refractivity contribution is 0.472. The number of nitrogens with zero attached hydrogens (tertiary/aromatic N) is 2. The molecule has 0 atom stereocenters. The lowest BCUT2D eigenvalue weighted by Gasteiger charge is -2.12. The van der Waals surface area contributed by atoms with Gasteiger partial charge in [-0.15, -0.1) is 10.2 Å². The number of hydrogen-bond acceptors (Lipinski definition) is 12. The maximum absolute atomic E-state index is 12.3. The highest BCUT2D eigenvalue weighted by Crippen LogP contribution is 2.43. The third-order valence-corrected chi connectivity index (χ3v) is 8.98. The average Bonchev–Trinajstić information content (AvgIpc) is 2.79. The molecule has 20 heteroatoms. The first-order valence-corrected chi connectivity index (χ1v) is 15.9. The van der Waals surface area contributed by atoms with Gasteiger partial charge in [0.15, 0.2) is 5.75 Å². The van der Waals surface area contributed by atoms with E-state index in [0.717, 1.165) is 18.2 Å². The highest BCUT2D eigenvalue weighted by molar-refractivity contribution is 7.87. The summed E-state index contributed by atoms with van der Waals surface area (Å²) in [5, 5.41) is 16.3. The number of phenols is 1. The van der Waals surface area contributed by atoms with E-state index >= 15 is 0 Å². The van der Waals surface area contributed by atoms with Crippen LogP contribution in [0.15, 0.2) is 78.3 Å². The van der Waals surface area contributed by atoms with Gasteiger partial charge in [-0.3, -0.25) is 18.2 Å². The first-order valence-electron chi connectivity index (χ1n) is 10.2. The van der Waals surface area contributed by atoms with Gasteiger partial charge in [0.25, 0.3) is 40.5 Å². The molecule has 16 nitrogen and oxygen atoms in total. The Balaban J connectivity index is 2.12. The molecule has 0 radical (unpaired) electrons. The van der Waals surface area contributed by atoms with Gasteiger partial charge >= 0.3 is 0 Å². The summed E-state index contributed by atoms with van der Waals surface area (Å²) in [7, 11) is -21.0. The molecular weight excluding hydrogens is 618 g/mol. The van der Waals surface area contributed by atoms with Crippen LogP contribution in [0.25, 0.3) is 21.5 Å². The molecule has 0 heterocycles. The van der Waals surface area contributed by atoms with E-state index in [4.69, 9.17) is 5.73 Å². The molecular formula is C20H15N3O13S4. The van der Waals surface area contributed by atoms with Gasteiger partial charge in [-0.2, -0.15) is 33.7 Å². The van der Waals surface area contributed by atoms with E-state index in [1.165, 1.54) is 18.2 Å². The molecule has 0 spiro atoms. The van der Waals surface area contributed by atoms with Crippen molar-refractivity contribution < 1.29 is 57.0 Å². The summed E-state index contributed by atoms with van der Waals surface area (Å²) < 4.78 is 134. The minimum absolute atomic E-state index is 0.0505. The number of aromatic hydroxyl groups is 1. The van der Waals surface area contributed by atoms with Gasteiger partial charge in [0, 0.05) is 21.8 Å². The zero-order valence-corrected chi connectivity index (χ0v) is 22.5. The second-order valence-corrected chi connectivity index (χ2v) is 13.6. The molecule has 0 fully saturated rings. The lowest BCUT2D eigenvalue weighted by Crippen LogP contribution is -2.07. The highest BCUT2D eigenvalue weighted by Gasteiger charge is 2.28. The lowest BCUT2D eigenvalue weighted by atomic mass is 10.1. The minimum Gasteiger partial charge on any atom is -0.505 e. The van der Waals surface area contributed by atoms with Gasteiger partial charge < -0.3 is 10.8 Å². The SMILES string of the molecule is Nc1ccc2cc(S(=O)(=O)O)c(N=Nc3ccc4c(S(=O)(=O)O)cc(S(=O)(=O)O)cc4c3S(=O)(=O)O)c(O)c2c1. The van der Waals surface area contributed by atoms with Gasteiger partial charge in [-0.05, 0) is 41.8 Å². The van der Waals surface area contributed by atoms with Crippen molar-refractivity contribution in [2.45, 2.75) is 19.6 Å². The molecule has 0 aliphatic heterocycles. The van der Waals surface area contributed by atoms with E-state index in [0.29, 0.717) is 12.1 Å². The Morgan fingerprint density at radius 3 is 1.77 bits per heavy atom. The largest absolute Gasteiger partial charge is 0.505 e. The monoisotopic (exact) mass is 633 g/mol.